The number of aromatic carboxylic acids is 1. The number of halogens is 3. The Morgan fingerprint density at radius 1 is 1.26 bits per heavy atom. The Labute approximate surface area is 129 Å². The van der Waals surface area contributed by atoms with Crippen LogP contribution in [0.5, 0.6) is 0 Å². The van der Waals surface area contributed by atoms with Gasteiger partial charge < -0.3 is 5.11 Å². The standard InChI is InChI=1S/C12H6Br2FNO2S/c13-6-1-2-8(12(17)18)10(4-6)19-11-9(15)3-7(14)5-16-11/h1-5H,(H,17,18). The lowest BCUT2D eigenvalue weighted by molar-refractivity contribution is 0.0693. The highest BCUT2D eigenvalue weighted by molar-refractivity contribution is 9.10. The van der Waals surface area contributed by atoms with E-state index in [9.17, 15) is 9.18 Å². The normalized spacial score (nSPS) is 10.5. The molecule has 0 spiro atoms. The van der Waals surface area contributed by atoms with Crippen LogP contribution in [0.4, 0.5) is 4.39 Å². The number of carboxylic acids is 1. The number of hydrogen-bond donors (Lipinski definition) is 1. The lowest BCUT2D eigenvalue weighted by Crippen LogP contribution is -1.99. The average molecular weight is 407 g/mol. The number of carboxylic acid groups (broad SMARTS) is 1. The average Bonchev–Trinajstić information content (AvgIpc) is 2.32. The molecule has 7 heteroatoms. The summed E-state index contributed by atoms with van der Waals surface area (Å²) < 4.78 is 14.9. The molecule has 0 aliphatic heterocycles. The van der Waals surface area contributed by atoms with Crippen LogP contribution < -0.4 is 0 Å². The quantitative estimate of drug-likeness (QED) is 0.809. The van der Waals surface area contributed by atoms with Crippen LogP contribution >= 0.6 is 43.6 Å². The van der Waals surface area contributed by atoms with Gasteiger partial charge in [0.05, 0.1) is 5.56 Å². The van der Waals surface area contributed by atoms with Crippen molar-refractivity contribution in [2.24, 2.45) is 0 Å². The number of nitrogens with zero attached hydrogens (tertiary/aromatic N) is 1. The van der Waals surface area contributed by atoms with Crippen molar-refractivity contribution in [2.75, 3.05) is 0 Å². The van der Waals surface area contributed by atoms with E-state index in [1.54, 1.807) is 12.1 Å². The third-order valence-corrected chi connectivity index (χ3v) is 4.13. The molecule has 19 heavy (non-hydrogen) atoms. The molecule has 2 rings (SSSR count). The molecule has 0 saturated heterocycles. The van der Waals surface area contributed by atoms with E-state index < -0.39 is 11.8 Å². The highest BCUT2D eigenvalue weighted by Crippen LogP contribution is 2.33. The Morgan fingerprint density at radius 3 is 2.63 bits per heavy atom. The number of pyridine rings is 1. The first-order chi connectivity index (χ1) is 8.97. The number of hydrogen-bond acceptors (Lipinski definition) is 3. The summed E-state index contributed by atoms with van der Waals surface area (Å²) in [6, 6.07) is 6.00. The molecule has 0 aliphatic carbocycles. The fourth-order valence-corrected chi connectivity index (χ4v) is 3.08. The Kier molecular flexibility index (Phi) is 4.59. The lowest BCUT2D eigenvalue weighted by atomic mass is 10.2. The van der Waals surface area contributed by atoms with Crippen LogP contribution in [-0.2, 0) is 0 Å². The van der Waals surface area contributed by atoms with E-state index in [0.29, 0.717) is 9.37 Å². The highest BCUT2D eigenvalue weighted by Gasteiger charge is 2.14. The third-order valence-electron chi connectivity index (χ3n) is 2.15. The van der Waals surface area contributed by atoms with Crippen molar-refractivity contribution < 1.29 is 14.3 Å². The summed E-state index contributed by atoms with van der Waals surface area (Å²) in [5, 5.41) is 9.23. The second-order valence-electron chi connectivity index (χ2n) is 3.49. The van der Waals surface area contributed by atoms with Gasteiger partial charge in [0.1, 0.15) is 5.03 Å². The monoisotopic (exact) mass is 405 g/mol. The van der Waals surface area contributed by atoms with Gasteiger partial charge in [-0.15, -0.1) is 0 Å². The zero-order chi connectivity index (χ0) is 14.0. The van der Waals surface area contributed by atoms with Gasteiger partial charge in [-0.1, -0.05) is 27.7 Å². The van der Waals surface area contributed by atoms with E-state index in [2.05, 4.69) is 36.8 Å². The Hall–Kier alpha value is -0.920. The number of carbonyl (C=O) groups is 1. The van der Waals surface area contributed by atoms with Crippen LogP contribution in [0.15, 0.2) is 49.3 Å². The maximum Gasteiger partial charge on any atom is 0.336 e. The first kappa shape index (κ1) is 14.5. The predicted molar refractivity (Wildman–Crippen MR) is 77.1 cm³/mol. The van der Waals surface area contributed by atoms with Crippen LogP contribution in [0.2, 0.25) is 0 Å². The molecular formula is C12H6Br2FNO2S. The van der Waals surface area contributed by atoms with Crippen molar-refractivity contribution in [1.29, 1.82) is 0 Å². The molecule has 1 aromatic heterocycles. The summed E-state index contributed by atoms with van der Waals surface area (Å²) in [4.78, 5) is 15.5. The topological polar surface area (TPSA) is 50.2 Å². The summed E-state index contributed by atoms with van der Waals surface area (Å²) in [5.74, 6) is -1.57. The van der Waals surface area contributed by atoms with E-state index in [-0.39, 0.29) is 10.6 Å². The maximum atomic E-state index is 13.7. The molecule has 0 amide bonds. The van der Waals surface area contributed by atoms with E-state index in [0.717, 1.165) is 16.2 Å². The predicted octanol–water partition coefficient (Wildman–Crippen LogP) is 4.60. The minimum absolute atomic E-state index is 0.109. The molecule has 0 bridgehead atoms. The van der Waals surface area contributed by atoms with Gasteiger partial charge in [0.15, 0.2) is 5.82 Å². The molecule has 98 valence electrons. The maximum absolute atomic E-state index is 13.7. The molecule has 0 aliphatic rings. The van der Waals surface area contributed by atoms with Gasteiger partial charge in [-0.3, -0.25) is 0 Å². The van der Waals surface area contributed by atoms with Gasteiger partial charge in [-0.2, -0.15) is 0 Å². The van der Waals surface area contributed by atoms with Crippen molar-refractivity contribution in [1.82, 2.24) is 4.98 Å². The first-order valence-corrected chi connectivity index (χ1v) is 7.39. The van der Waals surface area contributed by atoms with Crippen LogP contribution in [0, 0.1) is 5.82 Å². The van der Waals surface area contributed by atoms with Gasteiger partial charge in [-0.05, 0) is 40.2 Å². The number of aromatic nitrogens is 1. The fraction of sp³-hybridized carbons (Fsp3) is 0. The van der Waals surface area contributed by atoms with Crippen LogP contribution in [0.1, 0.15) is 10.4 Å². The van der Waals surface area contributed by atoms with Gasteiger partial charge in [-0.25, -0.2) is 14.2 Å². The van der Waals surface area contributed by atoms with Crippen molar-refractivity contribution >= 4 is 49.6 Å². The summed E-state index contributed by atoms with van der Waals surface area (Å²) in [5.41, 5.74) is 0.109. The molecule has 0 unspecified atom stereocenters. The third kappa shape index (κ3) is 3.55. The van der Waals surface area contributed by atoms with E-state index in [1.165, 1.54) is 18.3 Å². The van der Waals surface area contributed by atoms with E-state index >= 15 is 0 Å². The minimum atomic E-state index is -1.06. The molecule has 1 heterocycles. The molecule has 2 aromatic rings. The zero-order valence-electron chi connectivity index (χ0n) is 9.23. The van der Waals surface area contributed by atoms with Gasteiger partial charge in [0.25, 0.3) is 0 Å². The molecule has 0 fully saturated rings. The van der Waals surface area contributed by atoms with Gasteiger partial charge >= 0.3 is 5.97 Å². The summed E-state index contributed by atoms with van der Waals surface area (Å²) in [6.07, 6.45) is 1.46. The van der Waals surface area contributed by atoms with Crippen molar-refractivity contribution in [3.05, 3.63) is 50.8 Å². The summed E-state index contributed by atoms with van der Waals surface area (Å²) >= 11 is 7.35. The van der Waals surface area contributed by atoms with Crippen LogP contribution in [0.25, 0.3) is 0 Å². The van der Waals surface area contributed by atoms with Crippen molar-refractivity contribution in [3.63, 3.8) is 0 Å². The second-order valence-corrected chi connectivity index (χ2v) is 6.35. The summed E-state index contributed by atoms with van der Waals surface area (Å²) in [6.45, 7) is 0. The van der Waals surface area contributed by atoms with Crippen LogP contribution in [0.3, 0.4) is 0 Å². The molecule has 1 N–H and O–H groups in total. The first-order valence-electron chi connectivity index (χ1n) is 4.99. The lowest BCUT2D eigenvalue weighted by Gasteiger charge is -2.06. The molecule has 0 radical (unpaired) electrons. The van der Waals surface area contributed by atoms with Gasteiger partial charge in [0.2, 0.25) is 0 Å². The molecule has 0 saturated carbocycles. The molecular weight excluding hydrogens is 401 g/mol. The zero-order valence-corrected chi connectivity index (χ0v) is 13.2. The molecule has 1 aromatic carbocycles. The Morgan fingerprint density at radius 2 is 2.00 bits per heavy atom. The second kappa shape index (κ2) is 6.02. The number of rotatable bonds is 3. The van der Waals surface area contributed by atoms with E-state index in [1.807, 2.05) is 0 Å². The highest BCUT2D eigenvalue weighted by atomic mass is 79.9. The SMILES string of the molecule is O=C(O)c1ccc(Br)cc1Sc1ncc(Br)cc1F. The molecule has 0 atom stereocenters. The Bertz CT molecular complexity index is 652. The fourth-order valence-electron chi connectivity index (χ4n) is 1.34. The van der Waals surface area contributed by atoms with Crippen molar-refractivity contribution in [3.8, 4) is 0 Å². The van der Waals surface area contributed by atoms with Crippen molar-refractivity contribution in [2.45, 2.75) is 9.92 Å². The van der Waals surface area contributed by atoms with E-state index in [4.69, 9.17) is 5.11 Å². The molecule has 3 nitrogen and oxygen atoms in total. The largest absolute Gasteiger partial charge is 0.478 e. The smallest absolute Gasteiger partial charge is 0.336 e. The minimum Gasteiger partial charge on any atom is -0.478 e. The van der Waals surface area contributed by atoms with Crippen LogP contribution in [-0.4, -0.2) is 16.1 Å². The summed E-state index contributed by atoms with van der Waals surface area (Å²) in [7, 11) is 0. The number of benzene rings is 1. The van der Waals surface area contributed by atoms with Gasteiger partial charge in [0, 0.05) is 20.0 Å². The Balaban J connectivity index is 2.42.